The van der Waals surface area contributed by atoms with E-state index in [9.17, 15) is 5.11 Å². The normalized spacial score (nSPS) is 11.4. The third-order valence-corrected chi connectivity index (χ3v) is 1.72. The number of aryl methyl sites for hydroxylation is 1. The third kappa shape index (κ3) is 2.98. The van der Waals surface area contributed by atoms with Gasteiger partial charge in [0.25, 0.3) is 0 Å². The van der Waals surface area contributed by atoms with E-state index in [4.69, 9.17) is 0 Å². The van der Waals surface area contributed by atoms with Crippen LogP contribution in [0.15, 0.2) is 18.2 Å². The monoisotopic (exact) mass is 179 g/mol. The maximum absolute atomic E-state index is 9.31. The summed E-state index contributed by atoms with van der Waals surface area (Å²) in [6, 6.07) is 5.54. The van der Waals surface area contributed by atoms with E-state index < -0.39 is 0 Å². The topological polar surface area (TPSA) is 32.3 Å². The number of hydrogen-bond acceptors (Lipinski definition) is 2. The summed E-state index contributed by atoms with van der Waals surface area (Å²) in [6.45, 7) is 8.21. The van der Waals surface area contributed by atoms with Crippen LogP contribution in [-0.2, 0) is 0 Å². The van der Waals surface area contributed by atoms with E-state index in [1.165, 1.54) is 0 Å². The summed E-state index contributed by atoms with van der Waals surface area (Å²) in [7, 11) is 0. The molecule has 2 N–H and O–H groups in total. The zero-order chi connectivity index (χ0) is 10.1. The first kappa shape index (κ1) is 9.90. The van der Waals surface area contributed by atoms with Crippen LogP contribution in [0.25, 0.3) is 0 Å². The molecule has 1 rings (SSSR count). The quantitative estimate of drug-likeness (QED) is 0.650. The van der Waals surface area contributed by atoms with Crippen LogP contribution >= 0.6 is 0 Å². The van der Waals surface area contributed by atoms with Crippen LogP contribution in [0, 0.1) is 6.92 Å². The van der Waals surface area contributed by atoms with Gasteiger partial charge in [0.1, 0.15) is 5.75 Å². The number of rotatable bonds is 1. The van der Waals surface area contributed by atoms with Gasteiger partial charge in [-0.3, -0.25) is 0 Å². The average Bonchev–Trinajstić information content (AvgIpc) is 1.94. The minimum absolute atomic E-state index is 0.0589. The van der Waals surface area contributed by atoms with Gasteiger partial charge in [-0.1, -0.05) is 0 Å². The second-order valence-electron chi connectivity index (χ2n) is 4.38. The molecule has 0 radical (unpaired) electrons. The Morgan fingerprint density at radius 3 is 2.31 bits per heavy atom. The molecule has 0 unspecified atom stereocenters. The van der Waals surface area contributed by atoms with Crippen LogP contribution in [0.5, 0.6) is 5.75 Å². The summed E-state index contributed by atoms with van der Waals surface area (Å²) in [4.78, 5) is 0. The van der Waals surface area contributed by atoms with E-state index in [2.05, 4.69) is 26.1 Å². The number of anilines is 1. The summed E-state index contributed by atoms with van der Waals surface area (Å²) >= 11 is 0. The van der Waals surface area contributed by atoms with Gasteiger partial charge >= 0.3 is 0 Å². The maximum Gasteiger partial charge on any atom is 0.118 e. The Balaban J connectivity index is 2.86. The highest BCUT2D eigenvalue weighted by molar-refractivity contribution is 5.51. The van der Waals surface area contributed by atoms with E-state index in [0.717, 1.165) is 11.3 Å². The number of nitrogens with one attached hydrogen (secondary N) is 1. The first-order valence-corrected chi connectivity index (χ1v) is 4.46. The van der Waals surface area contributed by atoms with Gasteiger partial charge < -0.3 is 10.4 Å². The molecule has 2 nitrogen and oxygen atoms in total. The first-order chi connectivity index (χ1) is 5.88. The Kier molecular flexibility index (Phi) is 2.50. The lowest BCUT2D eigenvalue weighted by molar-refractivity contribution is 0.471. The highest BCUT2D eigenvalue weighted by atomic mass is 16.3. The van der Waals surface area contributed by atoms with E-state index in [1.807, 2.05) is 19.1 Å². The molecule has 0 aliphatic carbocycles. The molecule has 72 valence electrons. The van der Waals surface area contributed by atoms with E-state index in [-0.39, 0.29) is 5.54 Å². The van der Waals surface area contributed by atoms with Gasteiger partial charge in [-0.2, -0.15) is 0 Å². The molecule has 0 spiro atoms. The van der Waals surface area contributed by atoms with Crippen molar-refractivity contribution in [3.05, 3.63) is 23.8 Å². The van der Waals surface area contributed by atoms with Crippen LogP contribution in [-0.4, -0.2) is 10.6 Å². The average molecular weight is 179 g/mol. The third-order valence-electron chi connectivity index (χ3n) is 1.72. The van der Waals surface area contributed by atoms with Crippen LogP contribution in [0.1, 0.15) is 26.3 Å². The van der Waals surface area contributed by atoms with Crippen LogP contribution in [0.2, 0.25) is 0 Å². The lowest BCUT2D eigenvalue weighted by Gasteiger charge is -2.22. The molecule has 0 amide bonds. The van der Waals surface area contributed by atoms with Crippen molar-refractivity contribution in [2.75, 3.05) is 5.32 Å². The predicted molar refractivity (Wildman–Crippen MR) is 56.2 cm³/mol. The minimum atomic E-state index is 0.0589. The van der Waals surface area contributed by atoms with Crippen LogP contribution < -0.4 is 5.32 Å². The number of aromatic hydroxyl groups is 1. The predicted octanol–water partition coefficient (Wildman–Crippen LogP) is 2.91. The Morgan fingerprint density at radius 2 is 1.85 bits per heavy atom. The van der Waals surface area contributed by atoms with Crippen molar-refractivity contribution in [1.82, 2.24) is 0 Å². The van der Waals surface area contributed by atoms with Gasteiger partial charge in [0.05, 0.1) is 0 Å². The van der Waals surface area contributed by atoms with E-state index >= 15 is 0 Å². The molecule has 0 heterocycles. The zero-order valence-corrected chi connectivity index (χ0v) is 8.68. The largest absolute Gasteiger partial charge is 0.508 e. The molecule has 0 atom stereocenters. The molecule has 1 aromatic rings. The Bertz CT molecular complexity index is 299. The Morgan fingerprint density at radius 1 is 1.23 bits per heavy atom. The summed E-state index contributed by atoms with van der Waals surface area (Å²) < 4.78 is 0. The summed E-state index contributed by atoms with van der Waals surface area (Å²) in [5, 5.41) is 12.7. The summed E-state index contributed by atoms with van der Waals surface area (Å²) in [5.74, 6) is 0.347. The van der Waals surface area contributed by atoms with Crippen molar-refractivity contribution in [3.8, 4) is 5.75 Å². The molecule has 2 heteroatoms. The molecule has 0 fully saturated rings. The minimum Gasteiger partial charge on any atom is -0.508 e. The van der Waals surface area contributed by atoms with Crippen molar-refractivity contribution < 1.29 is 5.11 Å². The first-order valence-electron chi connectivity index (χ1n) is 4.46. The standard InChI is InChI=1S/C11H17NO/c1-8-7-9(5-6-10(8)13)12-11(2,3)4/h5-7,12-13H,1-4H3. The van der Waals surface area contributed by atoms with Crippen molar-refractivity contribution in [1.29, 1.82) is 0 Å². The van der Waals surface area contributed by atoms with Crippen LogP contribution in [0.4, 0.5) is 5.69 Å². The molecular formula is C11H17NO. The SMILES string of the molecule is Cc1cc(NC(C)(C)C)ccc1O. The van der Waals surface area contributed by atoms with Gasteiger partial charge in [-0.25, -0.2) is 0 Å². The van der Waals surface area contributed by atoms with Gasteiger partial charge in [0.15, 0.2) is 0 Å². The molecule has 0 aliphatic heterocycles. The Labute approximate surface area is 79.6 Å². The molecule has 0 aromatic heterocycles. The van der Waals surface area contributed by atoms with E-state index in [1.54, 1.807) is 6.07 Å². The molecule has 1 aromatic carbocycles. The highest BCUT2D eigenvalue weighted by Gasteiger charge is 2.09. The van der Waals surface area contributed by atoms with Crippen molar-refractivity contribution in [3.63, 3.8) is 0 Å². The fraction of sp³-hybridized carbons (Fsp3) is 0.455. The number of phenols is 1. The molecule has 13 heavy (non-hydrogen) atoms. The number of hydrogen-bond donors (Lipinski definition) is 2. The molecular weight excluding hydrogens is 162 g/mol. The molecule has 0 bridgehead atoms. The Hall–Kier alpha value is -1.18. The fourth-order valence-corrected chi connectivity index (χ4v) is 1.17. The molecule has 0 aliphatic rings. The second kappa shape index (κ2) is 3.29. The molecule has 0 saturated carbocycles. The van der Waals surface area contributed by atoms with Gasteiger partial charge in [-0.15, -0.1) is 0 Å². The zero-order valence-electron chi connectivity index (χ0n) is 8.68. The smallest absolute Gasteiger partial charge is 0.118 e. The highest BCUT2D eigenvalue weighted by Crippen LogP contribution is 2.22. The van der Waals surface area contributed by atoms with Gasteiger partial charge in [0, 0.05) is 11.2 Å². The lowest BCUT2D eigenvalue weighted by atomic mass is 10.1. The van der Waals surface area contributed by atoms with Crippen molar-refractivity contribution in [2.45, 2.75) is 33.2 Å². The van der Waals surface area contributed by atoms with Crippen molar-refractivity contribution >= 4 is 5.69 Å². The lowest BCUT2D eigenvalue weighted by Crippen LogP contribution is -2.25. The van der Waals surface area contributed by atoms with Crippen molar-refractivity contribution in [2.24, 2.45) is 0 Å². The second-order valence-corrected chi connectivity index (χ2v) is 4.38. The number of benzene rings is 1. The van der Waals surface area contributed by atoms with Gasteiger partial charge in [0.2, 0.25) is 0 Å². The van der Waals surface area contributed by atoms with Crippen LogP contribution in [0.3, 0.4) is 0 Å². The molecule has 0 saturated heterocycles. The van der Waals surface area contributed by atoms with Gasteiger partial charge in [-0.05, 0) is 51.5 Å². The maximum atomic E-state index is 9.31. The van der Waals surface area contributed by atoms with E-state index in [0.29, 0.717) is 5.75 Å². The summed E-state index contributed by atoms with van der Waals surface area (Å²) in [6.07, 6.45) is 0. The summed E-state index contributed by atoms with van der Waals surface area (Å²) in [5.41, 5.74) is 2.00. The fourth-order valence-electron chi connectivity index (χ4n) is 1.17. The number of phenolic OH excluding ortho intramolecular Hbond substituents is 1.